The summed E-state index contributed by atoms with van der Waals surface area (Å²) >= 11 is 1.60. The molecular formula is C25H34F9N5O8S. The highest BCUT2D eigenvalue weighted by Gasteiger charge is 2.40. The molecule has 276 valence electrons. The molecule has 1 unspecified atom stereocenters. The smallest absolute Gasteiger partial charge is 0.475 e. The number of nitrogens with zero attached hydrogens (tertiary/aromatic N) is 4. The quantitative estimate of drug-likeness (QED) is 0.187. The number of aliphatic carboxylic acids is 3. The molecule has 0 aromatic rings. The largest absolute Gasteiger partial charge is 0.490 e. The van der Waals surface area contributed by atoms with Gasteiger partial charge in [-0.2, -0.15) is 44.8 Å². The molecular weight excluding hydrogens is 701 g/mol. The number of nitrogens with two attached hydrogens (primary N) is 1. The van der Waals surface area contributed by atoms with Crippen LogP contribution in [0.1, 0.15) is 45.4 Å². The lowest BCUT2D eigenvalue weighted by Crippen LogP contribution is -2.53. The van der Waals surface area contributed by atoms with Crippen molar-refractivity contribution in [3.63, 3.8) is 0 Å². The van der Waals surface area contributed by atoms with Gasteiger partial charge in [0.1, 0.15) is 6.04 Å². The molecule has 1 atom stereocenters. The standard InChI is InChI=1S/C19H31N5O2S.3C2HF3O2/c1-14-2-4-15(5-3-14)19(26)22-8-6-16(7-9-22)24(21)11-18(25)23-13-27-12-17(23)10-20;3*3-2(4,5)1(6)7/h14-17H,2-9,11-13,21H2,1H3;3*(H,6,7). The van der Waals surface area contributed by atoms with Crippen LogP contribution in [0.5, 0.6) is 0 Å². The molecule has 13 nitrogen and oxygen atoms in total. The van der Waals surface area contributed by atoms with Gasteiger partial charge in [0.2, 0.25) is 11.8 Å². The number of piperidine rings is 1. The number of rotatable bonds is 4. The minimum Gasteiger partial charge on any atom is -0.475 e. The Bertz CT molecular complexity index is 1080. The number of carbonyl (C=O) groups excluding carboxylic acids is 2. The van der Waals surface area contributed by atoms with Gasteiger partial charge in [-0.1, -0.05) is 6.92 Å². The number of nitriles is 1. The van der Waals surface area contributed by atoms with Crippen molar-refractivity contribution in [3.8, 4) is 6.07 Å². The van der Waals surface area contributed by atoms with Crippen molar-refractivity contribution in [1.29, 1.82) is 5.26 Å². The highest BCUT2D eigenvalue weighted by Crippen LogP contribution is 2.30. The Balaban J connectivity index is 0.000000855. The van der Waals surface area contributed by atoms with E-state index >= 15 is 0 Å². The van der Waals surface area contributed by atoms with E-state index in [-0.39, 0.29) is 30.5 Å². The SMILES string of the molecule is CC1CCC(C(=O)N2CCC(N(N)CC(=O)N3CSCC3C#N)CC2)CC1.O=C(O)C(F)(F)F.O=C(O)C(F)(F)F.O=C(O)C(F)(F)F. The van der Waals surface area contributed by atoms with Crippen molar-refractivity contribution in [2.45, 2.75) is 76.1 Å². The van der Waals surface area contributed by atoms with E-state index in [2.05, 4.69) is 13.0 Å². The maximum atomic E-state index is 12.7. The normalized spacial score (nSPS) is 21.7. The topological polar surface area (TPSA) is 206 Å². The van der Waals surface area contributed by atoms with Gasteiger partial charge in [0.05, 0.1) is 18.5 Å². The minimum absolute atomic E-state index is 0.0797. The highest BCUT2D eigenvalue weighted by molar-refractivity contribution is 7.99. The summed E-state index contributed by atoms with van der Waals surface area (Å²) in [7, 11) is 0. The van der Waals surface area contributed by atoms with Crippen molar-refractivity contribution in [1.82, 2.24) is 14.8 Å². The molecule has 23 heteroatoms. The Morgan fingerprint density at radius 2 is 1.21 bits per heavy atom. The molecule has 2 amide bonds. The number of thioether (sulfide) groups is 1. The highest BCUT2D eigenvalue weighted by atomic mass is 32.2. The third-order valence-corrected chi connectivity index (χ3v) is 8.02. The molecule has 0 bridgehead atoms. The van der Waals surface area contributed by atoms with Crippen LogP contribution < -0.4 is 5.84 Å². The Morgan fingerprint density at radius 1 is 0.812 bits per heavy atom. The number of halogens is 9. The fraction of sp³-hybridized carbons (Fsp3) is 0.760. The molecule has 0 aromatic carbocycles. The van der Waals surface area contributed by atoms with Gasteiger partial charge in [0.15, 0.2) is 0 Å². The van der Waals surface area contributed by atoms with E-state index in [1.165, 1.54) is 0 Å². The van der Waals surface area contributed by atoms with E-state index < -0.39 is 36.4 Å². The predicted octanol–water partition coefficient (Wildman–Crippen LogP) is 3.30. The number of alkyl halides is 9. The van der Waals surface area contributed by atoms with Crippen LogP contribution >= 0.6 is 11.8 Å². The van der Waals surface area contributed by atoms with Crippen LogP contribution in [0.2, 0.25) is 0 Å². The number of hydrogen-bond acceptors (Lipinski definition) is 9. The number of carboxylic acid groups (broad SMARTS) is 3. The van der Waals surface area contributed by atoms with Crippen LogP contribution in [0.15, 0.2) is 0 Å². The third kappa shape index (κ3) is 16.5. The third-order valence-electron chi connectivity index (χ3n) is 7.01. The molecule has 5 N–H and O–H groups in total. The molecule has 2 heterocycles. The molecule has 3 aliphatic rings. The fourth-order valence-corrected chi connectivity index (χ4v) is 5.46. The van der Waals surface area contributed by atoms with Gasteiger partial charge >= 0.3 is 36.4 Å². The number of carbonyl (C=O) groups is 5. The van der Waals surface area contributed by atoms with E-state index in [4.69, 9.17) is 40.8 Å². The van der Waals surface area contributed by atoms with Gasteiger partial charge in [-0.05, 0) is 44.4 Å². The summed E-state index contributed by atoms with van der Waals surface area (Å²) in [5.41, 5.74) is 0. The Kier molecular flexibility index (Phi) is 18.0. The van der Waals surface area contributed by atoms with Gasteiger partial charge in [-0.15, -0.1) is 11.8 Å². The molecule has 2 saturated heterocycles. The second kappa shape index (κ2) is 19.5. The molecule has 0 spiro atoms. The summed E-state index contributed by atoms with van der Waals surface area (Å²) in [5.74, 6) is 0.324. The first kappa shape index (κ1) is 44.5. The molecule has 48 heavy (non-hydrogen) atoms. The molecule has 0 radical (unpaired) electrons. The van der Waals surface area contributed by atoms with E-state index in [9.17, 15) is 49.1 Å². The first-order chi connectivity index (χ1) is 21.8. The summed E-state index contributed by atoms with van der Waals surface area (Å²) in [4.78, 5) is 55.5. The van der Waals surface area contributed by atoms with Crippen LogP contribution in [0.3, 0.4) is 0 Å². The van der Waals surface area contributed by atoms with Crippen LogP contribution in [-0.4, -0.2) is 122 Å². The zero-order chi connectivity index (χ0) is 37.6. The molecule has 2 aliphatic heterocycles. The molecule has 0 aromatic heterocycles. The van der Waals surface area contributed by atoms with Crippen molar-refractivity contribution in [3.05, 3.63) is 0 Å². The van der Waals surface area contributed by atoms with Gasteiger partial charge in [0, 0.05) is 30.8 Å². The van der Waals surface area contributed by atoms with Crippen molar-refractivity contribution < 1.29 is 78.8 Å². The molecule has 3 rings (SSSR count). The average molecular weight is 736 g/mol. The lowest BCUT2D eigenvalue weighted by Gasteiger charge is -2.38. The Hall–Kier alpha value is -3.52. The van der Waals surface area contributed by atoms with Crippen LogP contribution in [0.25, 0.3) is 0 Å². The summed E-state index contributed by atoms with van der Waals surface area (Å²) in [5, 5.41) is 32.1. The van der Waals surface area contributed by atoms with E-state index in [1.54, 1.807) is 21.7 Å². The monoisotopic (exact) mass is 735 g/mol. The zero-order valence-electron chi connectivity index (χ0n) is 25.1. The second-order valence-electron chi connectivity index (χ2n) is 10.6. The van der Waals surface area contributed by atoms with Crippen molar-refractivity contribution in [2.24, 2.45) is 17.7 Å². The number of carboxylic acids is 3. The molecule has 3 fully saturated rings. The first-order valence-electron chi connectivity index (χ1n) is 13.8. The number of amides is 2. The van der Waals surface area contributed by atoms with Gasteiger partial charge in [-0.3, -0.25) is 15.4 Å². The number of hydrazine groups is 1. The lowest BCUT2D eigenvalue weighted by molar-refractivity contribution is -0.193. The van der Waals surface area contributed by atoms with Gasteiger partial charge in [0.25, 0.3) is 0 Å². The lowest BCUT2D eigenvalue weighted by atomic mass is 9.82. The summed E-state index contributed by atoms with van der Waals surface area (Å²) in [6, 6.07) is 1.95. The summed E-state index contributed by atoms with van der Waals surface area (Å²) in [6.07, 6.45) is -9.30. The Labute approximate surface area is 271 Å². The first-order valence-corrected chi connectivity index (χ1v) is 15.0. The van der Waals surface area contributed by atoms with Crippen molar-refractivity contribution in [2.75, 3.05) is 31.3 Å². The van der Waals surface area contributed by atoms with E-state index in [1.807, 2.05) is 4.90 Å². The Morgan fingerprint density at radius 3 is 1.56 bits per heavy atom. The maximum absolute atomic E-state index is 12.7. The van der Waals surface area contributed by atoms with Crippen LogP contribution in [0.4, 0.5) is 39.5 Å². The maximum Gasteiger partial charge on any atom is 0.490 e. The second-order valence-corrected chi connectivity index (χ2v) is 11.6. The van der Waals surface area contributed by atoms with Gasteiger partial charge < -0.3 is 25.1 Å². The average Bonchev–Trinajstić information content (AvgIpc) is 3.46. The van der Waals surface area contributed by atoms with Crippen LogP contribution in [0, 0.1) is 23.2 Å². The molecule has 1 saturated carbocycles. The van der Waals surface area contributed by atoms with Crippen molar-refractivity contribution >= 4 is 41.5 Å². The predicted molar refractivity (Wildman–Crippen MR) is 146 cm³/mol. The number of likely N-dealkylation sites (tertiary alicyclic amines) is 1. The minimum atomic E-state index is -5.08. The van der Waals surface area contributed by atoms with E-state index in [0.717, 1.165) is 57.5 Å². The van der Waals surface area contributed by atoms with Crippen LogP contribution in [-0.2, 0) is 24.0 Å². The number of hydrogen-bond donors (Lipinski definition) is 4. The summed E-state index contributed by atoms with van der Waals surface area (Å²) < 4.78 is 95.2. The fourth-order valence-electron chi connectivity index (χ4n) is 4.35. The summed E-state index contributed by atoms with van der Waals surface area (Å²) in [6.45, 7) is 3.84. The molecule has 1 aliphatic carbocycles. The zero-order valence-corrected chi connectivity index (χ0v) is 26.0. The van der Waals surface area contributed by atoms with E-state index in [0.29, 0.717) is 17.5 Å². The van der Waals surface area contributed by atoms with Gasteiger partial charge in [-0.25, -0.2) is 19.4 Å².